The Bertz CT molecular complexity index is 721. The van der Waals surface area contributed by atoms with Gasteiger partial charge in [-0.1, -0.05) is 6.07 Å². The molecule has 0 amide bonds. The van der Waals surface area contributed by atoms with Crippen LogP contribution >= 0.6 is 22.9 Å². The molecule has 2 aromatic heterocycles. The van der Waals surface area contributed by atoms with E-state index in [-0.39, 0.29) is 0 Å². The molecule has 0 spiro atoms. The highest BCUT2D eigenvalue weighted by molar-refractivity contribution is 7.07. The Morgan fingerprint density at radius 2 is 2.19 bits per heavy atom. The molecule has 0 fully saturated rings. The van der Waals surface area contributed by atoms with Gasteiger partial charge in [0.2, 0.25) is 0 Å². The van der Waals surface area contributed by atoms with Crippen molar-refractivity contribution in [3.05, 3.63) is 46.4 Å². The Morgan fingerprint density at radius 1 is 1.29 bits per heavy atom. The molecule has 3 nitrogen and oxygen atoms in total. The number of fused-ring (bicyclic) bond motifs is 1. The first-order valence-corrected chi connectivity index (χ1v) is 8.40. The first-order valence-electron chi connectivity index (χ1n) is 6.92. The van der Waals surface area contributed by atoms with Gasteiger partial charge in [-0.2, -0.15) is 11.3 Å². The molecule has 21 heavy (non-hydrogen) atoms. The number of alkyl halides is 1. The fourth-order valence-corrected chi connectivity index (χ4v) is 3.41. The molecule has 5 heteroatoms. The van der Waals surface area contributed by atoms with Gasteiger partial charge in [-0.05, 0) is 40.9 Å². The first kappa shape index (κ1) is 14.4. The van der Waals surface area contributed by atoms with Crippen LogP contribution in [-0.4, -0.2) is 22.5 Å². The standard InChI is InChI=1S/C16H17ClN2OS/c1-20-14-4-2-3-13-16(14)18-15(5-8-17)19(13)9-6-12-7-10-21-11-12/h2-4,7,10-11H,5-6,8-9H2,1H3. The lowest BCUT2D eigenvalue weighted by Crippen LogP contribution is -2.06. The molecule has 0 aliphatic rings. The number of rotatable bonds is 6. The summed E-state index contributed by atoms with van der Waals surface area (Å²) in [5.74, 6) is 2.42. The van der Waals surface area contributed by atoms with Gasteiger partial charge < -0.3 is 9.30 Å². The summed E-state index contributed by atoms with van der Waals surface area (Å²) in [4.78, 5) is 4.73. The molecule has 0 N–H and O–H groups in total. The zero-order valence-electron chi connectivity index (χ0n) is 11.9. The molecule has 0 bridgehead atoms. The zero-order valence-corrected chi connectivity index (χ0v) is 13.5. The molecule has 0 aliphatic heterocycles. The van der Waals surface area contributed by atoms with Gasteiger partial charge >= 0.3 is 0 Å². The number of benzene rings is 1. The van der Waals surface area contributed by atoms with Gasteiger partial charge in [0, 0.05) is 18.8 Å². The maximum Gasteiger partial charge on any atom is 0.146 e. The van der Waals surface area contributed by atoms with Gasteiger partial charge in [0.05, 0.1) is 12.6 Å². The van der Waals surface area contributed by atoms with Crippen molar-refractivity contribution in [2.45, 2.75) is 19.4 Å². The summed E-state index contributed by atoms with van der Waals surface area (Å²) in [6.07, 6.45) is 1.77. The number of thiophene rings is 1. The summed E-state index contributed by atoms with van der Waals surface area (Å²) < 4.78 is 7.68. The maximum atomic E-state index is 5.93. The topological polar surface area (TPSA) is 27.1 Å². The summed E-state index contributed by atoms with van der Waals surface area (Å²) in [7, 11) is 1.68. The predicted molar refractivity (Wildman–Crippen MR) is 88.7 cm³/mol. The summed E-state index contributed by atoms with van der Waals surface area (Å²) >= 11 is 7.66. The minimum absolute atomic E-state index is 0.574. The third-order valence-electron chi connectivity index (χ3n) is 3.56. The van der Waals surface area contributed by atoms with Crippen molar-refractivity contribution >= 4 is 34.0 Å². The van der Waals surface area contributed by atoms with Crippen molar-refractivity contribution in [3.8, 4) is 5.75 Å². The van der Waals surface area contributed by atoms with Gasteiger partial charge in [0.15, 0.2) is 0 Å². The monoisotopic (exact) mass is 320 g/mol. The van der Waals surface area contributed by atoms with Crippen LogP contribution in [0.4, 0.5) is 0 Å². The Kier molecular flexibility index (Phi) is 4.46. The molecule has 0 unspecified atom stereocenters. The second-order valence-corrected chi connectivity index (χ2v) is 5.99. The fourth-order valence-electron chi connectivity index (χ4n) is 2.53. The highest BCUT2D eigenvalue weighted by Gasteiger charge is 2.13. The summed E-state index contributed by atoms with van der Waals surface area (Å²) in [5, 5.41) is 4.31. The van der Waals surface area contributed by atoms with Crippen LogP contribution < -0.4 is 4.74 Å². The van der Waals surface area contributed by atoms with E-state index in [4.69, 9.17) is 21.3 Å². The van der Waals surface area contributed by atoms with E-state index in [0.717, 1.165) is 42.0 Å². The third kappa shape index (κ3) is 2.92. The second kappa shape index (κ2) is 6.50. The van der Waals surface area contributed by atoms with Gasteiger partial charge in [0.25, 0.3) is 0 Å². The Labute approximate surface area is 133 Å². The molecule has 0 atom stereocenters. The fraction of sp³-hybridized carbons (Fsp3) is 0.312. The summed E-state index contributed by atoms with van der Waals surface area (Å²) in [6.45, 7) is 0.909. The number of aromatic nitrogens is 2. The first-order chi connectivity index (χ1) is 10.3. The van der Waals surface area contributed by atoms with Crippen LogP contribution in [0.3, 0.4) is 0 Å². The van der Waals surface area contributed by atoms with Crippen molar-refractivity contribution in [2.75, 3.05) is 13.0 Å². The van der Waals surface area contributed by atoms with Crippen molar-refractivity contribution < 1.29 is 4.74 Å². The smallest absolute Gasteiger partial charge is 0.146 e. The molecular weight excluding hydrogens is 304 g/mol. The van der Waals surface area contributed by atoms with Crippen LogP contribution in [0.1, 0.15) is 11.4 Å². The summed E-state index contributed by atoms with van der Waals surface area (Å²) in [6, 6.07) is 8.22. The average Bonchev–Trinajstić information content (AvgIpc) is 3.12. The van der Waals surface area contributed by atoms with E-state index in [1.807, 2.05) is 12.1 Å². The van der Waals surface area contributed by atoms with Crippen LogP contribution in [-0.2, 0) is 19.4 Å². The molecule has 1 aromatic carbocycles. The van der Waals surface area contributed by atoms with E-state index in [2.05, 4.69) is 27.5 Å². The Morgan fingerprint density at radius 3 is 2.90 bits per heavy atom. The zero-order chi connectivity index (χ0) is 14.7. The normalized spacial score (nSPS) is 11.1. The lowest BCUT2D eigenvalue weighted by molar-refractivity contribution is 0.419. The minimum atomic E-state index is 0.574. The number of para-hydroxylation sites is 1. The summed E-state index contributed by atoms with van der Waals surface area (Å²) in [5.41, 5.74) is 3.40. The number of hydrogen-bond acceptors (Lipinski definition) is 3. The van der Waals surface area contributed by atoms with E-state index in [1.54, 1.807) is 18.4 Å². The van der Waals surface area contributed by atoms with Crippen molar-refractivity contribution in [1.82, 2.24) is 9.55 Å². The molecule has 0 radical (unpaired) electrons. The quantitative estimate of drug-likeness (QED) is 0.638. The molecular formula is C16H17ClN2OS. The van der Waals surface area contributed by atoms with E-state index in [1.165, 1.54) is 5.56 Å². The Balaban J connectivity index is 1.99. The largest absolute Gasteiger partial charge is 0.494 e. The number of imidazole rings is 1. The number of halogens is 1. The van der Waals surface area contributed by atoms with Crippen LogP contribution in [0.5, 0.6) is 5.75 Å². The SMILES string of the molecule is COc1cccc2c1nc(CCCl)n2CCc1ccsc1. The number of ether oxygens (including phenoxy) is 1. The van der Waals surface area contributed by atoms with E-state index < -0.39 is 0 Å². The second-order valence-electron chi connectivity index (χ2n) is 4.83. The van der Waals surface area contributed by atoms with Crippen molar-refractivity contribution in [3.63, 3.8) is 0 Å². The van der Waals surface area contributed by atoms with E-state index in [9.17, 15) is 0 Å². The maximum absolute atomic E-state index is 5.93. The number of nitrogens with zero attached hydrogens (tertiary/aromatic N) is 2. The van der Waals surface area contributed by atoms with E-state index >= 15 is 0 Å². The molecule has 2 heterocycles. The van der Waals surface area contributed by atoms with Gasteiger partial charge in [-0.15, -0.1) is 11.6 Å². The van der Waals surface area contributed by atoms with Crippen LogP contribution in [0.15, 0.2) is 35.0 Å². The van der Waals surface area contributed by atoms with Crippen LogP contribution in [0.2, 0.25) is 0 Å². The number of hydrogen-bond donors (Lipinski definition) is 0. The number of aryl methyl sites for hydroxylation is 3. The molecule has 0 aliphatic carbocycles. The van der Waals surface area contributed by atoms with E-state index in [0.29, 0.717) is 5.88 Å². The lowest BCUT2D eigenvalue weighted by Gasteiger charge is -2.08. The van der Waals surface area contributed by atoms with Crippen molar-refractivity contribution in [1.29, 1.82) is 0 Å². The highest BCUT2D eigenvalue weighted by atomic mass is 35.5. The molecule has 0 saturated carbocycles. The lowest BCUT2D eigenvalue weighted by atomic mass is 10.2. The predicted octanol–water partition coefficient (Wildman–Crippen LogP) is 4.13. The molecule has 3 rings (SSSR count). The minimum Gasteiger partial charge on any atom is -0.494 e. The Hall–Kier alpha value is -1.52. The van der Waals surface area contributed by atoms with Crippen LogP contribution in [0.25, 0.3) is 11.0 Å². The van der Waals surface area contributed by atoms with Gasteiger partial charge in [-0.3, -0.25) is 0 Å². The number of methoxy groups -OCH3 is 1. The highest BCUT2D eigenvalue weighted by Crippen LogP contribution is 2.26. The molecule has 0 saturated heterocycles. The van der Waals surface area contributed by atoms with Crippen molar-refractivity contribution in [2.24, 2.45) is 0 Å². The van der Waals surface area contributed by atoms with Gasteiger partial charge in [-0.25, -0.2) is 4.98 Å². The average molecular weight is 321 g/mol. The molecule has 110 valence electrons. The molecule has 3 aromatic rings. The third-order valence-corrected chi connectivity index (χ3v) is 4.48. The van der Waals surface area contributed by atoms with Gasteiger partial charge in [0.1, 0.15) is 17.1 Å². The van der Waals surface area contributed by atoms with Crippen LogP contribution in [0, 0.1) is 0 Å².